The first-order valence-electron chi connectivity index (χ1n) is 7.91. The number of halogens is 4. The largest absolute Gasteiger partial charge is 0.306 e. The normalized spacial score (nSPS) is 11.0. The zero-order valence-electron chi connectivity index (χ0n) is 14.4. The zero-order valence-corrected chi connectivity index (χ0v) is 17.5. The first kappa shape index (κ1) is 19.9. The van der Waals surface area contributed by atoms with Gasteiger partial charge in [-0.25, -0.2) is 4.39 Å². The van der Waals surface area contributed by atoms with Crippen molar-refractivity contribution in [1.29, 1.82) is 0 Å². The van der Waals surface area contributed by atoms with E-state index in [0.29, 0.717) is 10.6 Å². The van der Waals surface area contributed by atoms with Crippen LogP contribution in [0, 0.1) is 19.7 Å². The summed E-state index contributed by atoms with van der Waals surface area (Å²) in [4.78, 5) is 12.3. The summed E-state index contributed by atoms with van der Waals surface area (Å²) in [5.41, 5.74) is 1.93. The van der Waals surface area contributed by atoms with E-state index in [-0.39, 0.29) is 29.8 Å². The highest BCUT2D eigenvalue weighted by molar-refractivity contribution is 9.10. The lowest BCUT2D eigenvalue weighted by atomic mass is 10.2. The Morgan fingerprint density at radius 3 is 2.63 bits per heavy atom. The second-order valence-corrected chi connectivity index (χ2v) is 7.52. The van der Waals surface area contributed by atoms with Gasteiger partial charge in [-0.1, -0.05) is 29.3 Å². The van der Waals surface area contributed by atoms with Gasteiger partial charge in [-0.2, -0.15) is 10.2 Å². The van der Waals surface area contributed by atoms with Crippen LogP contribution in [0.15, 0.2) is 28.9 Å². The van der Waals surface area contributed by atoms with E-state index in [1.807, 2.05) is 13.8 Å². The average Bonchev–Trinajstić information content (AvgIpc) is 3.06. The topological polar surface area (TPSA) is 64.7 Å². The van der Waals surface area contributed by atoms with E-state index in [4.69, 9.17) is 23.2 Å². The fraction of sp³-hybridized carbons (Fsp3) is 0.235. The number of benzene rings is 1. The summed E-state index contributed by atoms with van der Waals surface area (Å²) in [6, 6.07) is 4.45. The van der Waals surface area contributed by atoms with Crippen LogP contribution in [0.5, 0.6) is 0 Å². The fourth-order valence-electron chi connectivity index (χ4n) is 2.54. The predicted octanol–water partition coefficient (Wildman–Crippen LogP) is 4.59. The Balaban J connectivity index is 1.73. The van der Waals surface area contributed by atoms with Crippen molar-refractivity contribution < 1.29 is 9.18 Å². The van der Waals surface area contributed by atoms with Gasteiger partial charge in [0.2, 0.25) is 5.91 Å². The monoisotopic (exact) mass is 473 g/mol. The number of amides is 1. The molecule has 1 amide bonds. The zero-order chi connectivity index (χ0) is 19.7. The second-order valence-electron chi connectivity index (χ2n) is 5.91. The number of carbonyl (C=O) groups excluding carboxylic acids is 1. The first-order valence-corrected chi connectivity index (χ1v) is 9.46. The van der Waals surface area contributed by atoms with Gasteiger partial charge in [0.15, 0.2) is 5.82 Å². The van der Waals surface area contributed by atoms with Crippen LogP contribution in [0.4, 0.5) is 10.2 Å². The molecule has 3 rings (SSSR count). The molecule has 0 spiro atoms. The number of aryl methyl sites for hydroxylation is 1. The van der Waals surface area contributed by atoms with Crippen molar-refractivity contribution in [3.05, 3.63) is 61.7 Å². The minimum Gasteiger partial charge on any atom is -0.306 e. The van der Waals surface area contributed by atoms with E-state index in [0.717, 1.165) is 15.9 Å². The molecule has 1 aromatic carbocycles. The SMILES string of the molecule is Cc1nn(CC(=O)Nc2nn(Cc3c(F)cccc3Cl)cc2Cl)c(C)c1Br. The van der Waals surface area contributed by atoms with Crippen LogP contribution in [-0.2, 0) is 17.9 Å². The quantitative estimate of drug-likeness (QED) is 0.588. The third-order valence-electron chi connectivity index (χ3n) is 3.94. The summed E-state index contributed by atoms with van der Waals surface area (Å²) in [5, 5.41) is 11.7. The molecule has 27 heavy (non-hydrogen) atoms. The van der Waals surface area contributed by atoms with Gasteiger partial charge in [0, 0.05) is 16.8 Å². The van der Waals surface area contributed by atoms with Gasteiger partial charge in [0.05, 0.1) is 22.4 Å². The molecule has 1 N–H and O–H groups in total. The molecule has 0 radical (unpaired) electrons. The lowest BCUT2D eigenvalue weighted by Gasteiger charge is -2.06. The van der Waals surface area contributed by atoms with Crippen molar-refractivity contribution in [1.82, 2.24) is 19.6 Å². The van der Waals surface area contributed by atoms with Crippen molar-refractivity contribution >= 4 is 50.9 Å². The summed E-state index contributed by atoms with van der Waals surface area (Å²) < 4.78 is 17.8. The lowest BCUT2D eigenvalue weighted by Crippen LogP contribution is -2.21. The fourth-order valence-corrected chi connectivity index (χ4v) is 3.25. The highest BCUT2D eigenvalue weighted by Gasteiger charge is 2.16. The number of rotatable bonds is 5. The van der Waals surface area contributed by atoms with Gasteiger partial charge in [0.1, 0.15) is 17.4 Å². The van der Waals surface area contributed by atoms with Crippen LogP contribution >= 0.6 is 39.1 Å². The summed E-state index contributed by atoms with van der Waals surface area (Å²) in [6.45, 7) is 3.81. The van der Waals surface area contributed by atoms with Crippen molar-refractivity contribution in [2.75, 3.05) is 5.32 Å². The van der Waals surface area contributed by atoms with Crippen molar-refractivity contribution in [2.24, 2.45) is 0 Å². The average molecular weight is 475 g/mol. The Bertz CT molecular complexity index is 997. The maximum Gasteiger partial charge on any atom is 0.247 e. The molecule has 142 valence electrons. The van der Waals surface area contributed by atoms with Crippen LogP contribution in [0.3, 0.4) is 0 Å². The van der Waals surface area contributed by atoms with Crippen LogP contribution < -0.4 is 5.32 Å². The summed E-state index contributed by atoms with van der Waals surface area (Å²) in [7, 11) is 0. The van der Waals surface area contributed by atoms with Crippen LogP contribution in [0.25, 0.3) is 0 Å². The molecule has 10 heteroatoms. The summed E-state index contributed by atoms with van der Waals surface area (Å²) >= 11 is 15.6. The van der Waals surface area contributed by atoms with E-state index in [2.05, 4.69) is 31.4 Å². The lowest BCUT2D eigenvalue weighted by molar-refractivity contribution is -0.117. The van der Waals surface area contributed by atoms with E-state index < -0.39 is 5.82 Å². The van der Waals surface area contributed by atoms with Crippen LogP contribution in [-0.4, -0.2) is 25.5 Å². The predicted molar refractivity (Wildman–Crippen MR) is 106 cm³/mol. The van der Waals surface area contributed by atoms with E-state index in [1.165, 1.54) is 23.0 Å². The number of anilines is 1. The van der Waals surface area contributed by atoms with Gasteiger partial charge < -0.3 is 5.32 Å². The number of carbonyl (C=O) groups is 1. The summed E-state index contributed by atoms with van der Waals surface area (Å²) in [5.74, 6) is -0.575. The molecular formula is C17H15BrCl2FN5O. The maximum atomic E-state index is 13.9. The van der Waals surface area contributed by atoms with Crippen molar-refractivity contribution in [3.63, 3.8) is 0 Å². The maximum absolute atomic E-state index is 13.9. The Morgan fingerprint density at radius 2 is 2.00 bits per heavy atom. The first-order chi connectivity index (χ1) is 12.8. The molecule has 0 bridgehead atoms. The van der Waals surface area contributed by atoms with Gasteiger partial charge in [-0.15, -0.1) is 0 Å². The van der Waals surface area contributed by atoms with Gasteiger partial charge in [-0.05, 0) is 41.9 Å². The molecule has 2 heterocycles. The Kier molecular flexibility index (Phi) is 5.88. The smallest absolute Gasteiger partial charge is 0.247 e. The molecule has 0 saturated carbocycles. The molecular weight excluding hydrogens is 460 g/mol. The molecule has 0 saturated heterocycles. The molecule has 2 aromatic heterocycles. The minimum atomic E-state index is -0.435. The number of aromatic nitrogens is 4. The summed E-state index contributed by atoms with van der Waals surface area (Å²) in [6.07, 6.45) is 1.50. The molecule has 0 atom stereocenters. The third kappa shape index (κ3) is 4.34. The number of nitrogens with one attached hydrogen (secondary N) is 1. The van der Waals surface area contributed by atoms with E-state index in [1.54, 1.807) is 10.7 Å². The number of nitrogens with zero attached hydrogens (tertiary/aromatic N) is 4. The van der Waals surface area contributed by atoms with Crippen LogP contribution in [0.1, 0.15) is 17.0 Å². The van der Waals surface area contributed by atoms with E-state index >= 15 is 0 Å². The van der Waals surface area contributed by atoms with Gasteiger partial charge in [0.25, 0.3) is 0 Å². The third-order valence-corrected chi connectivity index (χ3v) is 5.72. The number of hydrogen-bond acceptors (Lipinski definition) is 3. The minimum absolute atomic E-state index is 0.0145. The standard InChI is InChI=1S/C17H15BrCl2FN5O/c1-9-16(18)10(2)26(23-9)8-15(27)22-17-13(20)7-25(24-17)6-11-12(19)4-3-5-14(11)21/h3-5,7H,6,8H2,1-2H3,(H,22,24,27). The molecule has 0 unspecified atom stereocenters. The van der Waals surface area contributed by atoms with Crippen LogP contribution in [0.2, 0.25) is 10.0 Å². The second kappa shape index (κ2) is 8.00. The Labute approximate surface area is 173 Å². The molecule has 3 aromatic rings. The highest BCUT2D eigenvalue weighted by atomic mass is 79.9. The van der Waals surface area contributed by atoms with Crippen molar-refractivity contribution in [2.45, 2.75) is 26.9 Å². The van der Waals surface area contributed by atoms with Gasteiger partial charge >= 0.3 is 0 Å². The Hall–Kier alpha value is -1.90. The molecule has 0 fully saturated rings. The van der Waals surface area contributed by atoms with E-state index in [9.17, 15) is 9.18 Å². The molecule has 6 nitrogen and oxygen atoms in total. The molecule has 0 aliphatic heterocycles. The number of hydrogen-bond donors (Lipinski definition) is 1. The Morgan fingerprint density at radius 1 is 1.26 bits per heavy atom. The van der Waals surface area contributed by atoms with Crippen molar-refractivity contribution in [3.8, 4) is 0 Å². The van der Waals surface area contributed by atoms with Gasteiger partial charge in [-0.3, -0.25) is 14.2 Å². The highest BCUT2D eigenvalue weighted by Crippen LogP contribution is 2.24. The molecule has 0 aliphatic rings. The molecule has 0 aliphatic carbocycles.